The molecule has 2 N–H and O–H groups in total. The average molecular weight is 162 g/mol. The Labute approximate surface area is 65.5 Å². The summed E-state index contributed by atoms with van der Waals surface area (Å²) in [4.78, 5) is 0. The van der Waals surface area contributed by atoms with E-state index in [9.17, 15) is 4.39 Å². The van der Waals surface area contributed by atoms with E-state index in [1.54, 1.807) is 18.2 Å². The molecule has 0 heterocycles. The molecule has 0 atom stereocenters. The van der Waals surface area contributed by atoms with Gasteiger partial charge in [0.15, 0.2) is 0 Å². The molecule has 0 saturated heterocycles. The molecule has 0 aliphatic carbocycles. The summed E-state index contributed by atoms with van der Waals surface area (Å²) >= 11 is 0. The molecule has 0 radical (unpaired) electrons. The quantitative estimate of drug-likeness (QED) is 0.667. The summed E-state index contributed by atoms with van der Waals surface area (Å²) in [6.45, 7) is 0.271. The summed E-state index contributed by atoms with van der Waals surface area (Å²) in [7, 11) is 0. The monoisotopic (exact) mass is 161 g/mol. The summed E-state index contributed by atoms with van der Waals surface area (Å²) in [5, 5.41) is 0. The summed E-state index contributed by atoms with van der Waals surface area (Å²) in [6, 6.07) is 6.50. The Bertz CT molecular complexity index is 203. The van der Waals surface area contributed by atoms with Crippen molar-refractivity contribution >= 4 is 12.4 Å². The van der Waals surface area contributed by atoms with Crippen LogP contribution in [0.4, 0.5) is 4.39 Å². The number of hydrogen-bond acceptors (Lipinski definition) is 1. The highest BCUT2D eigenvalue weighted by atomic mass is 35.5. The van der Waals surface area contributed by atoms with Crippen LogP contribution in [0.15, 0.2) is 24.3 Å². The maximum Gasteiger partial charge on any atom is 0.127 e. The molecule has 0 aromatic heterocycles. The topological polar surface area (TPSA) is 26.0 Å². The highest BCUT2D eigenvalue weighted by Crippen LogP contribution is 2.03. The minimum Gasteiger partial charge on any atom is -0.326 e. The number of hydrogen-bond donors (Lipinski definition) is 1. The maximum atomic E-state index is 12.5. The summed E-state index contributed by atoms with van der Waals surface area (Å²) < 4.78 is 12.5. The Morgan fingerprint density at radius 2 is 1.90 bits per heavy atom. The van der Waals surface area contributed by atoms with Gasteiger partial charge in [-0.2, -0.15) is 0 Å². The fourth-order valence-corrected chi connectivity index (χ4v) is 0.664. The van der Waals surface area contributed by atoms with Crippen LogP contribution in [0.3, 0.4) is 0 Å². The van der Waals surface area contributed by atoms with Gasteiger partial charge in [0.1, 0.15) is 5.82 Å². The van der Waals surface area contributed by atoms with Crippen molar-refractivity contribution in [2.75, 3.05) is 0 Å². The zero-order chi connectivity index (χ0) is 6.69. The van der Waals surface area contributed by atoms with Crippen molar-refractivity contribution in [3.8, 4) is 0 Å². The Morgan fingerprint density at radius 3 is 2.30 bits per heavy atom. The third-order valence-corrected chi connectivity index (χ3v) is 1.18. The number of benzene rings is 1. The maximum absolute atomic E-state index is 12.5. The average Bonchev–Trinajstić information content (AvgIpc) is 1.89. The number of halogens is 2. The minimum absolute atomic E-state index is 0. The molecule has 1 rings (SSSR count). The number of rotatable bonds is 1. The predicted molar refractivity (Wildman–Crippen MR) is 41.5 cm³/mol. The highest BCUT2D eigenvalue weighted by molar-refractivity contribution is 5.85. The minimum atomic E-state index is -0.222. The van der Waals surface area contributed by atoms with Gasteiger partial charge in [0.2, 0.25) is 0 Å². The molecule has 0 bridgehead atoms. The van der Waals surface area contributed by atoms with Crippen molar-refractivity contribution in [1.82, 2.24) is 0 Å². The van der Waals surface area contributed by atoms with E-state index in [-0.39, 0.29) is 24.8 Å². The normalized spacial score (nSPS) is 8.60. The van der Waals surface area contributed by atoms with Gasteiger partial charge in [-0.05, 0) is 6.07 Å². The van der Waals surface area contributed by atoms with Gasteiger partial charge in [-0.25, -0.2) is 4.39 Å². The predicted octanol–water partition coefficient (Wildman–Crippen LogP) is 1.71. The molecule has 0 aliphatic rings. The first kappa shape index (κ1) is 9.40. The lowest BCUT2D eigenvalue weighted by Gasteiger charge is -1.94. The van der Waals surface area contributed by atoms with Crippen molar-refractivity contribution in [2.24, 2.45) is 5.73 Å². The fraction of sp³-hybridized carbons (Fsp3) is 0.143. The summed E-state index contributed by atoms with van der Waals surface area (Å²) in [5.74, 6) is -0.222. The van der Waals surface area contributed by atoms with Crippen LogP contribution in [0.5, 0.6) is 0 Å². The van der Waals surface area contributed by atoms with Crippen LogP contribution in [0.2, 0.25) is 0 Å². The Morgan fingerprint density at radius 1 is 1.30 bits per heavy atom. The first-order chi connectivity index (χ1) is 4.34. The molecular formula is C7H9ClFN. The van der Waals surface area contributed by atoms with Crippen LogP contribution in [-0.4, -0.2) is 0 Å². The molecule has 1 nitrogen and oxygen atoms in total. The molecule has 0 fully saturated rings. The first-order valence-corrected chi connectivity index (χ1v) is 2.78. The van der Waals surface area contributed by atoms with Crippen molar-refractivity contribution in [3.63, 3.8) is 0 Å². The fourth-order valence-electron chi connectivity index (χ4n) is 0.664. The summed E-state index contributed by atoms with van der Waals surface area (Å²) in [5.41, 5.74) is 5.78. The van der Waals surface area contributed by atoms with Gasteiger partial charge >= 0.3 is 0 Å². The second-order valence-corrected chi connectivity index (χ2v) is 1.80. The Kier molecular flexibility index (Phi) is 4.00. The second kappa shape index (κ2) is 4.25. The smallest absolute Gasteiger partial charge is 0.127 e. The van der Waals surface area contributed by atoms with Crippen molar-refractivity contribution in [2.45, 2.75) is 6.54 Å². The van der Waals surface area contributed by atoms with E-state index in [0.29, 0.717) is 5.56 Å². The Hall–Kier alpha value is -0.600. The van der Waals surface area contributed by atoms with Crippen molar-refractivity contribution < 1.29 is 4.39 Å². The molecule has 3 heteroatoms. The molecule has 0 spiro atoms. The zero-order valence-corrected chi connectivity index (χ0v) is 6.20. The third kappa shape index (κ3) is 1.97. The van der Waals surface area contributed by atoms with Gasteiger partial charge < -0.3 is 5.73 Å². The van der Waals surface area contributed by atoms with Gasteiger partial charge in [0.25, 0.3) is 0 Å². The first-order valence-electron chi connectivity index (χ1n) is 2.78. The SMILES string of the molecule is Cl.NCc1ccccc1F. The molecule has 0 saturated carbocycles. The molecular weight excluding hydrogens is 153 g/mol. The molecule has 1 aromatic carbocycles. The van der Waals surface area contributed by atoms with Crippen LogP contribution >= 0.6 is 12.4 Å². The van der Waals surface area contributed by atoms with Gasteiger partial charge in [-0.15, -0.1) is 12.4 Å². The Balaban J connectivity index is 0.000000810. The van der Waals surface area contributed by atoms with E-state index in [1.165, 1.54) is 6.07 Å². The highest BCUT2D eigenvalue weighted by Gasteiger charge is 1.94. The van der Waals surface area contributed by atoms with E-state index in [1.807, 2.05) is 0 Å². The lowest BCUT2D eigenvalue weighted by atomic mass is 10.2. The lowest BCUT2D eigenvalue weighted by molar-refractivity contribution is 0.610. The summed E-state index contributed by atoms with van der Waals surface area (Å²) in [6.07, 6.45) is 0. The van der Waals surface area contributed by atoms with Crippen molar-refractivity contribution in [1.29, 1.82) is 0 Å². The van der Waals surface area contributed by atoms with E-state index >= 15 is 0 Å². The largest absolute Gasteiger partial charge is 0.326 e. The van der Waals surface area contributed by atoms with Crippen LogP contribution in [0.1, 0.15) is 5.56 Å². The van der Waals surface area contributed by atoms with Gasteiger partial charge in [-0.1, -0.05) is 18.2 Å². The second-order valence-electron chi connectivity index (χ2n) is 1.80. The van der Waals surface area contributed by atoms with Gasteiger partial charge in [-0.3, -0.25) is 0 Å². The van der Waals surface area contributed by atoms with Crippen LogP contribution in [0.25, 0.3) is 0 Å². The molecule has 0 amide bonds. The lowest BCUT2D eigenvalue weighted by Crippen LogP contribution is -1.98. The zero-order valence-electron chi connectivity index (χ0n) is 5.38. The van der Waals surface area contributed by atoms with E-state index in [4.69, 9.17) is 5.73 Å². The van der Waals surface area contributed by atoms with E-state index in [0.717, 1.165) is 0 Å². The van der Waals surface area contributed by atoms with Crippen LogP contribution in [0, 0.1) is 5.82 Å². The van der Waals surface area contributed by atoms with E-state index in [2.05, 4.69) is 0 Å². The molecule has 10 heavy (non-hydrogen) atoms. The van der Waals surface area contributed by atoms with Crippen molar-refractivity contribution in [3.05, 3.63) is 35.6 Å². The van der Waals surface area contributed by atoms with Gasteiger partial charge in [0.05, 0.1) is 0 Å². The van der Waals surface area contributed by atoms with Gasteiger partial charge in [0, 0.05) is 12.1 Å². The van der Waals surface area contributed by atoms with Crippen LogP contribution in [-0.2, 0) is 6.54 Å². The van der Waals surface area contributed by atoms with Crippen LogP contribution < -0.4 is 5.73 Å². The third-order valence-electron chi connectivity index (χ3n) is 1.18. The molecule has 56 valence electrons. The standard InChI is InChI=1S/C7H8FN.ClH/c8-7-4-2-1-3-6(7)5-9;/h1-4H,5,9H2;1H. The van der Waals surface area contributed by atoms with E-state index < -0.39 is 0 Å². The molecule has 0 aliphatic heterocycles. The molecule has 0 unspecified atom stereocenters. The number of nitrogens with two attached hydrogens (primary N) is 1. The molecule has 1 aromatic rings.